The summed E-state index contributed by atoms with van der Waals surface area (Å²) >= 11 is 0. The topological polar surface area (TPSA) is 79.3 Å². The Labute approximate surface area is 128 Å². The number of rotatable bonds is 2. The molecule has 0 aromatic heterocycles. The molecule has 0 aromatic carbocycles. The summed E-state index contributed by atoms with van der Waals surface area (Å²) in [5, 5.41) is 9.26. The summed E-state index contributed by atoms with van der Waals surface area (Å²) < 4.78 is 7.79. The van der Waals surface area contributed by atoms with Crippen LogP contribution in [-0.4, -0.2) is 37.2 Å². The van der Waals surface area contributed by atoms with Crippen molar-refractivity contribution in [2.45, 2.75) is 19.4 Å². The number of carbonyl (C=O) groups excluding carboxylic acids is 1. The van der Waals surface area contributed by atoms with Crippen molar-refractivity contribution in [2.24, 2.45) is 11.1 Å². The molecule has 0 amide bonds. The Morgan fingerprint density at radius 2 is 2.38 bits per heavy atom. The number of hydrogen-bond donors (Lipinski definition) is 1. The first-order valence-electron chi connectivity index (χ1n) is 6.79. The van der Waals surface area contributed by atoms with E-state index in [2.05, 4.69) is 21.2 Å². The molecule has 5 nitrogen and oxygen atoms in total. The lowest BCUT2D eigenvalue weighted by molar-refractivity contribution is -0.108. The maximum absolute atomic E-state index is 10.9. The zero-order valence-electron chi connectivity index (χ0n) is 12.5. The highest BCUT2D eigenvalue weighted by atomic mass is 31.0. The number of hydrogen-bond acceptors (Lipinski definition) is 5. The monoisotopic (exact) mass is 307 g/mol. The van der Waals surface area contributed by atoms with E-state index in [4.69, 9.17) is 4.74 Å². The lowest BCUT2D eigenvalue weighted by Crippen LogP contribution is -2.29. The van der Waals surface area contributed by atoms with Gasteiger partial charge in [0.05, 0.1) is 11.5 Å². The van der Waals surface area contributed by atoms with Crippen LogP contribution in [0.25, 0.3) is 0 Å². The summed E-state index contributed by atoms with van der Waals surface area (Å²) in [7, 11) is 4.15. The SMILES string of the molecule is CC1(C#N)C=CC=C2C(=C1)OCCN(P)C2CC=O.CN. The van der Waals surface area contributed by atoms with Crippen LogP contribution in [0.15, 0.2) is 35.6 Å². The van der Waals surface area contributed by atoms with Crippen molar-refractivity contribution in [3.63, 3.8) is 0 Å². The fraction of sp³-hybridized carbons (Fsp3) is 0.467. The molecule has 1 aliphatic carbocycles. The molecule has 114 valence electrons. The van der Waals surface area contributed by atoms with Crippen molar-refractivity contribution in [2.75, 3.05) is 20.2 Å². The average Bonchev–Trinajstić information content (AvgIpc) is 2.74. The summed E-state index contributed by atoms with van der Waals surface area (Å²) in [4.78, 5) is 10.9. The van der Waals surface area contributed by atoms with E-state index in [0.717, 1.165) is 18.4 Å². The molecular weight excluding hydrogens is 285 g/mol. The predicted molar refractivity (Wildman–Crippen MR) is 86.0 cm³/mol. The van der Waals surface area contributed by atoms with Gasteiger partial charge in [0, 0.05) is 24.6 Å². The minimum absolute atomic E-state index is 0.0260. The quantitative estimate of drug-likeness (QED) is 0.618. The first-order valence-corrected chi connectivity index (χ1v) is 7.31. The van der Waals surface area contributed by atoms with E-state index in [1.54, 1.807) is 0 Å². The summed E-state index contributed by atoms with van der Waals surface area (Å²) in [5.41, 5.74) is 4.78. The summed E-state index contributed by atoms with van der Waals surface area (Å²) in [5.74, 6) is 0.714. The number of fused-ring (bicyclic) bond motifs is 1. The van der Waals surface area contributed by atoms with Gasteiger partial charge >= 0.3 is 0 Å². The minimum Gasteiger partial charge on any atom is -0.492 e. The molecule has 0 bridgehead atoms. The van der Waals surface area contributed by atoms with E-state index in [1.807, 2.05) is 35.9 Å². The summed E-state index contributed by atoms with van der Waals surface area (Å²) in [6.07, 6.45) is 8.81. The molecule has 3 atom stereocenters. The summed E-state index contributed by atoms with van der Waals surface area (Å²) in [6, 6.07) is 2.24. The van der Waals surface area contributed by atoms with Gasteiger partial charge in [-0.15, -0.1) is 0 Å². The van der Waals surface area contributed by atoms with E-state index in [9.17, 15) is 10.1 Å². The maximum atomic E-state index is 10.9. The lowest BCUT2D eigenvalue weighted by atomic mass is 9.91. The third-order valence-corrected chi connectivity index (χ3v) is 3.98. The second-order valence-corrected chi connectivity index (χ2v) is 5.55. The molecule has 0 saturated carbocycles. The average molecular weight is 307 g/mol. The van der Waals surface area contributed by atoms with Crippen LogP contribution in [-0.2, 0) is 9.53 Å². The number of nitrogens with zero attached hydrogens (tertiary/aromatic N) is 2. The van der Waals surface area contributed by atoms with Crippen LogP contribution in [0.5, 0.6) is 0 Å². The smallest absolute Gasteiger partial charge is 0.122 e. The highest BCUT2D eigenvalue weighted by molar-refractivity contribution is 7.13. The van der Waals surface area contributed by atoms with Crippen LogP contribution in [0.2, 0.25) is 0 Å². The van der Waals surface area contributed by atoms with Crippen molar-refractivity contribution in [3.8, 4) is 6.07 Å². The molecule has 0 spiro atoms. The molecule has 0 radical (unpaired) electrons. The molecule has 1 aliphatic heterocycles. The van der Waals surface area contributed by atoms with Crippen LogP contribution in [0.4, 0.5) is 0 Å². The maximum Gasteiger partial charge on any atom is 0.122 e. The number of nitriles is 1. The standard InChI is InChI=1S/C14H17N2O2P.CH5N/c1-14(10-15)5-2-3-11-12(4-7-17)16(19)6-8-18-13(11)9-14;1-2/h2-3,5,7,9,12H,4,6,8,19H2,1H3;2H2,1H3. The van der Waals surface area contributed by atoms with Gasteiger partial charge in [0.2, 0.25) is 0 Å². The second-order valence-electron chi connectivity index (χ2n) is 4.89. The molecule has 1 saturated heterocycles. The van der Waals surface area contributed by atoms with Crippen LogP contribution < -0.4 is 5.73 Å². The van der Waals surface area contributed by atoms with Crippen molar-refractivity contribution in [1.29, 1.82) is 5.26 Å². The molecule has 6 heteroatoms. The first-order chi connectivity index (χ1) is 10.1. The summed E-state index contributed by atoms with van der Waals surface area (Å²) in [6.45, 7) is 3.11. The molecule has 3 unspecified atom stereocenters. The number of nitrogens with two attached hydrogens (primary N) is 1. The minimum atomic E-state index is -0.671. The van der Waals surface area contributed by atoms with Crippen LogP contribution in [0.3, 0.4) is 0 Å². The van der Waals surface area contributed by atoms with Crippen molar-refractivity contribution < 1.29 is 9.53 Å². The predicted octanol–water partition coefficient (Wildman–Crippen LogP) is 1.55. The van der Waals surface area contributed by atoms with Crippen LogP contribution >= 0.6 is 9.39 Å². The molecule has 1 heterocycles. The van der Waals surface area contributed by atoms with Gasteiger partial charge in [0.15, 0.2) is 0 Å². The van der Waals surface area contributed by atoms with Gasteiger partial charge in [-0.3, -0.25) is 4.67 Å². The number of aldehydes is 1. The van der Waals surface area contributed by atoms with Crippen molar-refractivity contribution in [1.82, 2.24) is 4.67 Å². The Morgan fingerprint density at radius 3 is 3.00 bits per heavy atom. The van der Waals surface area contributed by atoms with Gasteiger partial charge in [-0.05, 0) is 20.0 Å². The molecule has 1 fully saturated rings. The Balaban J connectivity index is 0.00000106. The van der Waals surface area contributed by atoms with E-state index < -0.39 is 5.41 Å². The largest absolute Gasteiger partial charge is 0.492 e. The fourth-order valence-corrected chi connectivity index (χ4v) is 2.64. The van der Waals surface area contributed by atoms with Crippen LogP contribution in [0, 0.1) is 16.7 Å². The van der Waals surface area contributed by atoms with Gasteiger partial charge in [0.1, 0.15) is 18.7 Å². The van der Waals surface area contributed by atoms with Gasteiger partial charge in [0.25, 0.3) is 0 Å². The van der Waals surface area contributed by atoms with E-state index in [0.29, 0.717) is 18.8 Å². The lowest BCUT2D eigenvalue weighted by Gasteiger charge is -2.24. The third kappa shape index (κ3) is 4.25. The zero-order chi connectivity index (χ0) is 15.9. The van der Waals surface area contributed by atoms with Crippen LogP contribution in [0.1, 0.15) is 13.3 Å². The molecule has 2 rings (SSSR count). The number of ether oxygens (including phenoxy) is 1. The second kappa shape index (κ2) is 8.09. The van der Waals surface area contributed by atoms with Gasteiger partial charge in [-0.2, -0.15) is 5.26 Å². The zero-order valence-corrected chi connectivity index (χ0v) is 13.6. The van der Waals surface area contributed by atoms with Crippen molar-refractivity contribution >= 4 is 15.7 Å². The van der Waals surface area contributed by atoms with Crippen molar-refractivity contribution in [3.05, 3.63) is 35.6 Å². The van der Waals surface area contributed by atoms with E-state index >= 15 is 0 Å². The fourth-order valence-electron chi connectivity index (χ4n) is 2.26. The molecule has 2 aliphatic rings. The Bertz CT molecular complexity index is 508. The van der Waals surface area contributed by atoms with Gasteiger partial charge in [-0.1, -0.05) is 27.6 Å². The molecule has 2 N–H and O–H groups in total. The highest BCUT2D eigenvalue weighted by Crippen LogP contribution is 2.33. The first kappa shape index (κ1) is 17.6. The normalized spacial score (nSPS) is 28.2. The Kier molecular flexibility index (Phi) is 6.77. The van der Waals surface area contributed by atoms with E-state index in [-0.39, 0.29) is 6.04 Å². The number of carbonyl (C=O) groups is 1. The molecular formula is C15H22N3O2P. The number of allylic oxidation sites excluding steroid dienone is 4. The van der Waals surface area contributed by atoms with Gasteiger partial charge in [-0.25, -0.2) is 0 Å². The third-order valence-electron chi connectivity index (χ3n) is 3.36. The van der Waals surface area contributed by atoms with E-state index in [1.165, 1.54) is 7.05 Å². The Hall–Kier alpha value is -1.47. The van der Waals surface area contributed by atoms with Gasteiger partial charge < -0.3 is 15.3 Å². The Morgan fingerprint density at radius 1 is 1.67 bits per heavy atom. The highest BCUT2D eigenvalue weighted by Gasteiger charge is 2.30. The molecule has 0 aromatic rings. The molecule has 21 heavy (non-hydrogen) atoms.